The molecule has 29 heavy (non-hydrogen) atoms. The predicted molar refractivity (Wildman–Crippen MR) is 115 cm³/mol. The number of anilines is 3. The van der Waals surface area contributed by atoms with Crippen molar-refractivity contribution in [3.63, 3.8) is 0 Å². The van der Waals surface area contributed by atoms with Crippen LogP contribution in [0.5, 0.6) is 0 Å². The van der Waals surface area contributed by atoms with Gasteiger partial charge in [-0.3, -0.25) is 9.78 Å². The number of benzene rings is 2. The van der Waals surface area contributed by atoms with Crippen LogP contribution < -0.4 is 10.2 Å². The summed E-state index contributed by atoms with van der Waals surface area (Å²) in [5.41, 5.74) is 3.71. The Labute approximate surface area is 169 Å². The second-order valence-electron chi connectivity index (χ2n) is 6.50. The van der Waals surface area contributed by atoms with E-state index in [1.165, 1.54) is 11.8 Å². The van der Waals surface area contributed by atoms with E-state index in [1.807, 2.05) is 48.5 Å². The molecule has 0 aliphatic rings. The largest absolute Gasteiger partial charge is 0.336 e. The third kappa shape index (κ3) is 4.65. The van der Waals surface area contributed by atoms with Gasteiger partial charge in [0, 0.05) is 24.6 Å². The summed E-state index contributed by atoms with van der Waals surface area (Å²) in [5, 5.41) is 2.81. The highest BCUT2D eigenvalue weighted by atomic mass is 16.1. The number of hydrogen-bond acceptors (Lipinski definition) is 4. The molecule has 4 rings (SSSR count). The van der Waals surface area contributed by atoms with E-state index in [9.17, 15) is 4.79 Å². The van der Waals surface area contributed by atoms with E-state index in [0.29, 0.717) is 17.9 Å². The van der Waals surface area contributed by atoms with E-state index >= 15 is 0 Å². The van der Waals surface area contributed by atoms with Gasteiger partial charge in [-0.1, -0.05) is 48.5 Å². The van der Waals surface area contributed by atoms with Crippen LogP contribution in [0.15, 0.2) is 104 Å². The zero-order valence-corrected chi connectivity index (χ0v) is 15.8. The minimum atomic E-state index is -0.234. The number of amides is 1. The summed E-state index contributed by atoms with van der Waals surface area (Å²) >= 11 is 0. The van der Waals surface area contributed by atoms with E-state index in [2.05, 4.69) is 44.5 Å². The molecule has 0 radical (unpaired) electrons. The highest BCUT2D eigenvalue weighted by molar-refractivity contribution is 6.03. The van der Waals surface area contributed by atoms with Gasteiger partial charge in [0.15, 0.2) is 0 Å². The maximum Gasteiger partial charge on any atom is 0.258 e. The first-order chi connectivity index (χ1) is 14.3. The smallest absolute Gasteiger partial charge is 0.258 e. The number of hydrogen-bond donors (Lipinski definition) is 1. The Morgan fingerprint density at radius 3 is 2.21 bits per heavy atom. The molecule has 142 valence electrons. The number of aromatic nitrogens is 2. The third-order valence-electron chi connectivity index (χ3n) is 4.48. The fraction of sp³-hybridized carbons (Fsp3) is 0.0417. The Morgan fingerprint density at radius 1 is 0.793 bits per heavy atom. The number of para-hydroxylation sites is 1. The summed E-state index contributed by atoms with van der Waals surface area (Å²) in [6, 6.07) is 27.7. The van der Waals surface area contributed by atoms with Crippen LogP contribution >= 0.6 is 0 Å². The number of nitrogens with zero attached hydrogens (tertiary/aromatic N) is 3. The van der Waals surface area contributed by atoms with E-state index in [1.54, 1.807) is 24.5 Å². The number of carbonyl (C=O) groups excluding carboxylic acids is 1. The first-order valence-electron chi connectivity index (χ1n) is 9.33. The number of carbonyl (C=O) groups is 1. The molecule has 0 saturated heterocycles. The van der Waals surface area contributed by atoms with Gasteiger partial charge in [0.05, 0.1) is 17.4 Å². The molecule has 2 aromatic heterocycles. The van der Waals surface area contributed by atoms with Gasteiger partial charge in [-0.05, 0) is 42.0 Å². The molecule has 0 fully saturated rings. The van der Waals surface area contributed by atoms with Gasteiger partial charge in [0.25, 0.3) is 5.91 Å². The molecule has 2 aromatic carbocycles. The van der Waals surface area contributed by atoms with Crippen LogP contribution in [0.2, 0.25) is 0 Å². The monoisotopic (exact) mass is 380 g/mol. The summed E-state index contributed by atoms with van der Waals surface area (Å²) in [6.07, 6.45) is 4.93. The summed E-state index contributed by atoms with van der Waals surface area (Å²) in [7, 11) is 0. The first kappa shape index (κ1) is 18.4. The number of pyridine rings is 2. The molecule has 2 heterocycles. The maximum atomic E-state index is 12.3. The normalized spacial score (nSPS) is 10.3. The minimum absolute atomic E-state index is 0.234. The van der Waals surface area contributed by atoms with Crippen LogP contribution in [0.1, 0.15) is 15.9 Å². The standard InChI is InChI=1S/C24H20N4O/c29-24(20-10-7-15-25-16-20)27-23-14-13-22(17-26-23)28(21-11-5-2-6-12-21)18-19-8-3-1-4-9-19/h1-17H,18H2,(H,26,27,29). The van der Waals surface area contributed by atoms with Crippen molar-refractivity contribution >= 4 is 23.1 Å². The Morgan fingerprint density at radius 2 is 1.55 bits per heavy atom. The molecule has 0 aliphatic heterocycles. The Kier molecular flexibility index (Phi) is 5.58. The molecule has 1 N–H and O–H groups in total. The van der Waals surface area contributed by atoms with Crippen LogP contribution in [0.25, 0.3) is 0 Å². The second kappa shape index (κ2) is 8.80. The lowest BCUT2D eigenvalue weighted by Crippen LogP contribution is -2.17. The lowest BCUT2D eigenvalue weighted by atomic mass is 10.2. The summed E-state index contributed by atoms with van der Waals surface area (Å²) in [6.45, 7) is 0.716. The molecule has 0 aliphatic carbocycles. The van der Waals surface area contributed by atoms with Crippen molar-refractivity contribution < 1.29 is 4.79 Å². The van der Waals surface area contributed by atoms with Gasteiger partial charge < -0.3 is 10.2 Å². The van der Waals surface area contributed by atoms with Gasteiger partial charge in [-0.2, -0.15) is 0 Å². The quantitative estimate of drug-likeness (QED) is 0.507. The molecule has 0 atom stereocenters. The van der Waals surface area contributed by atoms with E-state index in [4.69, 9.17) is 0 Å². The van der Waals surface area contributed by atoms with Crippen molar-refractivity contribution in [2.45, 2.75) is 6.54 Å². The van der Waals surface area contributed by atoms with Crippen LogP contribution in [0, 0.1) is 0 Å². The Balaban J connectivity index is 1.56. The minimum Gasteiger partial charge on any atom is -0.336 e. The van der Waals surface area contributed by atoms with Crippen LogP contribution in [-0.2, 0) is 6.54 Å². The molecular formula is C24H20N4O. The number of nitrogens with one attached hydrogen (secondary N) is 1. The molecular weight excluding hydrogens is 360 g/mol. The molecule has 0 bridgehead atoms. The first-order valence-corrected chi connectivity index (χ1v) is 9.33. The topological polar surface area (TPSA) is 58.1 Å². The number of rotatable bonds is 6. The zero-order chi connectivity index (χ0) is 19.9. The average Bonchev–Trinajstić information content (AvgIpc) is 2.80. The highest BCUT2D eigenvalue weighted by Gasteiger charge is 2.12. The van der Waals surface area contributed by atoms with E-state index < -0.39 is 0 Å². The Hall–Kier alpha value is -3.99. The van der Waals surface area contributed by atoms with Crippen molar-refractivity contribution in [3.8, 4) is 0 Å². The average molecular weight is 380 g/mol. The van der Waals surface area contributed by atoms with Gasteiger partial charge in [0.2, 0.25) is 0 Å². The van der Waals surface area contributed by atoms with Crippen molar-refractivity contribution in [2.75, 3.05) is 10.2 Å². The van der Waals surface area contributed by atoms with E-state index in [0.717, 1.165) is 11.4 Å². The van der Waals surface area contributed by atoms with Crippen molar-refractivity contribution in [1.29, 1.82) is 0 Å². The van der Waals surface area contributed by atoms with Crippen LogP contribution in [0.3, 0.4) is 0 Å². The Bertz CT molecular complexity index is 1050. The summed E-state index contributed by atoms with van der Waals surface area (Å²) in [4.78, 5) is 22.9. The summed E-state index contributed by atoms with van der Waals surface area (Å²) < 4.78 is 0. The fourth-order valence-electron chi connectivity index (χ4n) is 3.01. The predicted octanol–water partition coefficient (Wildman–Crippen LogP) is 5.07. The molecule has 0 spiro atoms. The van der Waals surface area contributed by atoms with Gasteiger partial charge in [0.1, 0.15) is 5.82 Å². The zero-order valence-electron chi connectivity index (χ0n) is 15.8. The molecule has 5 nitrogen and oxygen atoms in total. The SMILES string of the molecule is O=C(Nc1ccc(N(Cc2ccccc2)c2ccccc2)cn1)c1cccnc1. The van der Waals surface area contributed by atoms with Crippen molar-refractivity contribution in [3.05, 3.63) is 115 Å². The van der Waals surface area contributed by atoms with Crippen LogP contribution in [-0.4, -0.2) is 15.9 Å². The fourth-order valence-corrected chi connectivity index (χ4v) is 3.01. The van der Waals surface area contributed by atoms with Crippen LogP contribution in [0.4, 0.5) is 17.2 Å². The maximum absolute atomic E-state index is 12.3. The molecule has 0 saturated carbocycles. The third-order valence-corrected chi connectivity index (χ3v) is 4.48. The molecule has 0 unspecified atom stereocenters. The van der Waals surface area contributed by atoms with E-state index in [-0.39, 0.29) is 5.91 Å². The second-order valence-corrected chi connectivity index (χ2v) is 6.50. The molecule has 4 aromatic rings. The molecule has 1 amide bonds. The lowest BCUT2D eigenvalue weighted by molar-refractivity contribution is 0.102. The van der Waals surface area contributed by atoms with Crippen molar-refractivity contribution in [2.24, 2.45) is 0 Å². The van der Waals surface area contributed by atoms with Crippen molar-refractivity contribution in [1.82, 2.24) is 9.97 Å². The lowest BCUT2D eigenvalue weighted by Gasteiger charge is -2.25. The van der Waals surface area contributed by atoms with Gasteiger partial charge in [-0.15, -0.1) is 0 Å². The molecule has 5 heteroatoms. The van der Waals surface area contributed by atoms with Gasteiger partial charge >= 0.3 is 0 Å². The summed E-state index contributed by atoms with van der Waals surface area (Å²) in [5.74, 6) is 0.262. The highest BCUT2D eigenvalue weighted by Crippen LogP contribution is 2.27. The van der Waals surface area contributed by atoms with Gasteiger partial charge in [-0.25, -0.2) is 4.98 Å².